The lowest BCUT2D eigenvalue weighted by atomic mass is 10.0. The van der Waals surface area contributed by atoms with E-state index in [9.17, 15) is 14.0 Å². The summed E-state index contributed by atoms with van der Waals surface area (Å²) in [5.41, 5.74) is 1.50. The summed E-state index contributed by atoms with van der Waals surface area (Å²) in [6, 6.07) is 8.98. The maximum atomic E-state index is 14.5. The van der Waals surface area contributed by atoms with Gasteiger partial charge in [0.25, 0.3) is 5.56 Å². The van der Waals surface area contributed by atoms with Gasteiger partial charge in [0, 0.05) is 36.5 Å². The van der Waals surface area contributed by atoms with Gasteiger partial charge in [-0.1, -0.05) is 38.4 Å². The van der Waals surface area contributed by atoms with E-state index in [0.29, 0.717) is 29.2 Å². The number of benzene rings is 1. The van der Waals surface area contributed by atoms with Crippen molar-refractivity contribution in [3.05, 3.63) is 75.5 Å². The molecular formula is C29H34ClFN4O4Si. The summed E-state index contributed by atoms with van der Waals surface area (Å²) < 4.78 is 27.8. The van der Waals surface area contributed by atoms with E-state index in [2.05, 4.69) is 49.1 Å². The fourth-order valence-corrected chi connectivity index (χ4v) is 6.11. The number of hydrogen-bond donors (Lipinski definition) is 1. The predicted octanol–water partition coefficient (Wildman–Crippen LogP) is 5.82. The second-order valence-electron chi connectivity index (χ2n) is 12.1. The van der Waals surface area contributed by atoms with Gasteiger partial charge in [-0.3, -0.25) is 9.59 Å². The molecule has 3 heterocycles. The van der Waals surface area contributed by atoms with Crippen LogP contribution in [0.15, 0.2) is 53.6 Å². The average Bonchev–Trinajstić information content (AvgIpc) is 3.45. The number of anilines is 1. The van der Waals surface area contributed by atoms with Crippen molar-refractivity contribution in [2.75, 3.05) is 11.9 Å². The molecule has 0 radical (unpaired) electrons. The number of rotatable bonds is 8. The standard InChI is InChI=1S/C29H34ClFN4O4Si/c1-29(2,3)40(4,5)38-16-25(18-6-7-21(30)22(31)12-18)35-11-9-17(13-26(35)36)23-8-10-32-28(33-23)34-24-15-19-14-20(24)27(37)39-19/h6-13,19-20,24-25H,14-16H2,1-5H3,(H,32,33,34)/t19?,20?,24?,25-/m1/s1. The minimum atomic E-state index is -2.16. The quantitative estimate of drug-likeness (QED) is 0.263. The fraction of sp³-hybridized carbons (Fsp3) is 0.448. The molecule has 2 aliphatic rings. The van der Waals surface area contributed by atoms with Crippen LogP contribution in [-0.2, 0) is 14.0 Å². The Hall–Kier alpha value is -3.08. The van der Waals surface area contributed by atoms with Crippen molar-refractivity contribution in [3.8, 4) is 11.3 Å². The zero-order chi connectivity index (χ0) is 28.8. The van der Waals surface area contributed by atoms with E-state index in [1.807, 2.05) is 0 Å². The van der Waals surface area contributed by atoms with Crippen LogP contribution < -0.4 is 10.9 Å². The number of halogens is 2. The van der Waals surface area contributed by atoms with E-state index in [1.165, 1.54) is 18.2 Å². The highest BCUT2D eigenvalue weighted by Gasteiger charge is 2.48. The molecule has 3 aromatic rings. The summed E-state index contributed by atoms with van der Waals surface area (Å²) in [5.74, 6) is -0.527. The first-order valence-corrected chi connectivity index (χ1v) is 16.7. The van der Waals surface area contributed by atoms with Crippen molar-refractivity contribution >= 4 is 31.8 Å². The first-order chi connectivity index (χ1) is 18.8. The van der Waals surface area contributed by atoms with Gasteiger partial charge < -0.3 is 19.0 Å². The first kappa shape index (κ1) is 28.4. The third-order valence-corrected chi connectivity index (χ3v) is 13.2. The third kappa shape index (κ3) is 5.70. The lowest BCUT2D eigenvalue weighted by Crippen LogP contribution is -2.43. The number of carbonyl (C=O) groups is 1. The van der Waals surface area contributed by atoms with E-state index in [-0.39, 0.29) is 46.3 Å². The van der Waals surface area contributed by atoms with Crippen LogP contribution in [0.1, 0.15) is 45.2 Å². The van der Waals surface area contributed by atoms with Gasteiger partial charge in [0.2, 0.25) is 5.95 Å². The molecule has 2 aromatic heterocycles. The van der Waals surface area contributed by atoms with E-state index >= 15 is 0 Å². The van der Waals surface area contributed by atoms with Crippen molar-refractivity contribution in [2.45, 2.75) is 69.9 Å². The predicted molar refractivity (Wildman–Crippen MR) is 154 cm³/mol. The van der Waals surface area contributed by atoms with Gasteiger partial charge in [-0.15, -0.1) is 0 Å². The highest BCUT2D eigenvalue weighted by atomic mass is 35.5. The van der Waals surface area contributed by atoms with Crippen LogP contribution in [0.25, 0.3) is 11.3 Å². The number of nitrogens with zero attached hydrogens (tertiary/aromatic N) is 3. The number of carbonyl (C=O) groups excluding carboxylic acids is 1. The number of hydrogen-bond acceptors (Lipinski definition) is 7. The van der Waals surface area contributed by atoms with E-state index in [0.717, 1.165) is 6.42 Å². The average molecular weight is 585 g/mol. The molecule has 3 unspecified atom stereocenters. The van der Waals surface area contributed by atoms with Gasteiger partial charge >= 0.3 is 5.97 Å². The second-order valence-corrected chi connectivity index (χ2v) is 17.3. The molecule has 4 atom stereocenters. The highest BCUT2D eigenvalue weighted by molar-refractivity contribution is 6.74. The minimum Gasteiger partial charge on any atom is -0.462 e. The van der Waals surface area contributed by atoms with Crippen LogP contribution in [0.4, 0.5) is 10.3 Å². The topological polar surface area (TPSA) is 95.3 Å². The van der Waals surface area contributed by atoms with Crippen LogP contribution in [0.5, 0.6) is 0 Å². The van der Waals surface area contributed by atoms with Crippen molar-refractivity contribution in [2.24, 2.45) is 5.92 Å². The van der Waals surface area contributed by atoms with Crippen molar-refractivity contribution in [1.29, 1.82) is 0 Å². The summed E-state index contributed by atoms with van der Waals surface area (Å²) >= 11 is 5.94. The molecule has 1 saturated heterocycles. The molecular weight excluding hydrogens is 551 g/mol. The Kier molecular flexibility index (Phi) is 7.62. The molecule has 5 rings (SSSR count). The molecule has 1 saturated carbocycles. The van der Waals surface area contributed by atoms with Gasteiger partial charge in [0.1, 0.15) is 11.9 Å². The zero-order valence-corrected chi connectivity index (χ0v) is 25.0. The first-order valence-electron chi connectivity index (χ1n) is 13.4. The molecule has 1 N–H and O–H groups in total. The van der Waals surface area contributed by atoms with E-state index in [4.69, 9.17) is 20.8 Å². The summed E-state index contributed by atoms with van der Waals surface area (Å²) in [4.78, 5) is 34.3. The molecule has 2 fully saturated rings. The van der Waals surface area contributed by atoms with E-state index in [1.54, 1.807) is 35.2 Å². The highest BCUT2D eigenvalue weighted by Crippen LogP contribution is 2.39. The smallest absolute Gasteiger partial charge is 0.311 e. The Balaban J connectivity index is 1.42. The van der Waals surface area contributed by atoms with Gasteiger partial charge in [-0.05, 0) is 54.4 Å². The Bertz CT molecular complexity index is 1490. The second kappa shape index (κ2) is 10.7. The molecule has 11 heteroatoms. The molecule has 0 spiro atoms. The van der Waals surface area contributed by atoms with Gasteiger partial charge in [-0.25, -0.2) is 14.4 Å². The molecule has 212 valence electrons. The number of ether oxygens (including phenoxy) is 1. The zero-order valence-electron chi connectivity index (χ0n) is 23.3. The molecule has 8 nitrogen and oxygen atoms in total. The normalized spacial score (nSPS) is 21.4. The van der Waals surface area contributed by atoms with Crippen LogP contribution in [0.3, 0.4) is 0 Å². The maximum absolute atomic E-state index is 14.5. The summed E-state index contributed by atoms with van der Waals surface area (Å²) in [6.07, 6.45) is 4.70. The lowest BCUT2D eigenvalue weighted by Gasteiger charge is -2.37. The summed E-state index contributed by atoms with van der Waals surface area (Å²) in [5, 5.41) is 3.25. The summed E-state index contributed by atoms with van der Waals surface area (Å²) in [7, 11) is -2.16. The number of pyridine rings is 1. The van der Waals surface area contributed by atoms with Gasteiger partial charge in [0.15, 0.2) is 8.32 Å². The Morgan fingerprint density at radius 3 is 2.62 bits per heavy atom. The van der Waals surface area contributed by atoms with Crippen molar-refractivity contribution in [3.63, 3.8) is 0 Å². The fourth-order valence-electron chi connectivity index (χ4n) is 4.98. The van der Waals surface area contributed by atoms with Crippen molar-refractivity contribution in [1.82, 2.24) is 14.5 Å². The maximum Gasteiger partial charge on any atom is 0.311 e. The number of nitrogens with one attached hydrogen (secondary N) is 1. The van der Waals surface area contributed by atoms with Crippen LogP contribution in [-0.4, -0.2) is 47.6 Å². The number of fused-ring (bicyclic) bond motifs is 2. The van der Waals surface area contributed by atoms with Crippen molar-refractivity contribution < 1.29 is 18.3 Å². The molecule has 40 heavy (non-hydrogen) atoms. The molecule has 0 amide bonds. The number of esters is 1. The van der Waals surface area contributed by atoms with Gasteiger partial charge in [-0.2, -0.15) is 0 Å². The SMILES string of the molecule is CC(C)(C)[Si](C)(C)OC[C@H](c1ccc(Cl)c(F)c1)n1ccc(-c2ccnc(NC3CC4CC3C(=O)O4)n2)cc1=O. The third-order valence-electron chi connectivity index (χ3n) is 8.39. The Labute approximate surface area is 239 Å². The number of aromatic nitrogens is 3. The monoisotopic (exact) mass is 584 g/mol. The minimum absolute atomic E-state index is 0.0195. The lowest BCUT2D eigenvalue weighted by molar-refractivity contribution is -0.148. The van der Waals surface area contributed by atoms with Crippen LogP contribution >= 0.6 is 11.6 Å². The molecule has 2 bridgehead atoms. The largest absolute Gasteiger partial charge is 0.462 e. The Morgan fingerprint density at radius 1 is 1.20 bits per heavy atom. The van der Waals surface area contributed by atoms with Crippen LogP contribution in [0.2, 0.25) is 23.2 Å². The molecule has 1 aromatic carbocycles. The van der Waals surface area contributed by atoms with E-state index < -0.39 is 20.2 Å². The van der Waals surface area contributed by atoms with Crippen LogP contribution in [0, 0.1) is 11.7 Å². The van der Waals surface area contributed by atoms with Gasteiger partial charge in [0.05, 0.1) is 29.3 Å². The molecule has 1 aliphatic heterocycles. The summed E-state index contributed by atoms with van der Waals surface area (Å²) in [6.45, 7) is 10.9. The molecule has 1 aliphatic carbocycles. The Morgan fingerprint density at radius 2 is 1.98 bits per heavy atom.